The van der Waals surface area contributed by atoms with Gasteiger partial charge in [0.1, 0.15) is 0 Å². The van der Waals surface area contributed by atoms with E-state index >= 15 is 0 Å². The van der Waals surface area contributed by atoms with Gasteiger partial charge in [0.25, 0.3) is 0 Å². The van der Waals surface area contributed by atoms with E-state index in [4.69, 9.17) is 4.52 Å². The highest BCUT2D eigenvalue weighted by Crippen LogP contribution is 2.20. The summed E-state index contributed by atoms with van der Waals surface area (Å²) >= 11 is 1.26. The van der Waals surface area contributed by atoms with Gasteiger partial charge in [0.2, 0.25) is 16.9 Å². The van der Waals surface area contributed by atoms with Crippen molar-refractivity contribution in [1.82, 2.24) is 25.4 Å². The van der Waals surface area contributed by atoms with Crippen LogP contribution in [-0.2, 0) is 11.8 Å². The summed E-state index contributed by atoms with van der Waals surface area (Å²) in [6.45, 7) is 3.54. The second-order valence-electron chi connectivity index (χ2n) is 3.67. The molecule has 0 radical (unpaired) electrons. The second-order valence-corrected chi connectivity index (χ2v) is 4.97. The highest BCUT2D eigenvalue weighted by Gasteiger charge is 2.18. The lowest BCUT2D eigenvalue weighted by molar-refractivity contribution is -0.115. The zero-order valence-corrected chi connectivity index (χ0v) is 10.9. The van der Waals surface area contributed by atoms with Gasteiger partial charge in [0, 0.05) is 13.1 Å². The van der Waals surface area contributed by atoms with Gasteiger partial charge >= 0.3 is 0 Å². The summed E-state index contributed by atoms with van der Waals surface area (Å²) in [7, 11) is 1.72. The van der Waals surface area contributed by atoms with Crippen molar-refractivity contribution >= 4 is 23.6 Å². The van der Waals surface area contributed by atoms with Crippen LogP contribution in [0.15, 0.2) is 15.7 Å². The van der Waals surface area contributed by atoms with Gasteiger partial charge in [-0.3, -0.25) is 10.1 Å². The normalized spacial score (nSPS) is 12.4. The van der Waals surface area contributed by atoms with Gasteiger partial charge < -0.3 is 4.52 Å². The van der Waals surface area contributed by atoms with Crippen molar-refractivity contribution in [2.24, 2.45) is 7.05 Å². The fourth-order valence-corrected chi connectivity index (χ4v) is 1.93. The number of tetrazole rings is 1. The minimum Gasteiger partial charge on any atom is -0.338 e. The molecular weight excluding hydrogens is 256 g/mol. The van der Waals surface area contributed by atoms with Crippen LogP contribution >= 0.6 is 11.8 Å². The van der Waals surface area contributed by atoms with Gasteiger partial charge in [-0.05, 0) is 24.3 Å². The summed E-state index contributed by atoms with van der Waals surface area (Å²) < 4.78 is 6.41. The van der Waals surface area contributed by atoms with E-state index in [1.807, 2.05) is 0 Å². The molecule has 0 aliphatic heterocycles. The third kappa shape index (κ3) is 2.86. The number of carbonyl (C=O) groups excluding carboxylic acids is 1. The molecule has 0 aliphatic carbocycles. The molecule has 1 unspecified atom stereocenters. The lowest BCUT2D eigenvalue weighted by atomic mass is 10.4. The molecule has 0 spiro atoms. The highest BCUT2D eigenvalue weighted by molar-refractivity contribution is 8.00. The zero-order chi connectivity index (χ0) is 13.1. The van der Waals surface area contributed by atoms with Crippen molar-refractivity contribution in [3.05, 3.63) is 11.8 Å². The first kappa shape index (κ1) is 12.6. The van der Waals surface area contributed by atoms with Crippen molar-refractivity contribution < 1.29 is 9.32 Å². The maximum Gasteiger partial charge on any atom is 0.240 e. The molecule has 2 rings (SSSR count). The molecule has 2 aromatic rings. The Morgan fingerprint density at radius 2 is 2.39 bits per heavy atom. The number of hydrogen-bond donors (Lipinski definition) is 1. The number of rotatable bonds is 4. The monoisotopic (exact) mass is 268 g/mol. The molecule has 0 saturated heterocycles. The van der Waals surface area contributed by atoms with Gasteiger partial charge in [-0.25, -0.2) is 4.68 Å². The summed E-state index contributed by atoms with van der Waals surface area (Å²) in [5.74, 6) is 0.139. The molecular formula is C9H12N6O2S. The number of amides is 1. The number of nitrogens with one attached hydrogen (secondary N) is 1. The van der Waals surface area contributed by atoms with Crippen LogP contribution in [0.3, 0.4) is 0 Å². The second kappa shape index (κ2) is 5.17. The number of aromatic nitrogens is 5. The van der Waals surface area contributed by atoms with Crippen molar-refractivity contribution in [3.63, 3.8) is 0 Å². The van der Waals surface area contributed by atoms with Gasteiger partial charge in [-0.2, -0.15) is 0 Å². The van der Waals surface area contributed by atoms with Gasteiger partial charge in [-0.15, -0.1) is 5.10 Å². The summed E-state index contributed by atoms with van der Waals surface area (Å²) in [6, 6.07) is 1.65. The predicted molar refractivity (Wildman–Crippen MR) is 64.0 cm³/mol. The fraction of sp³-hybridized carbons (Fsp3) is 0.444. The van der Waals surface area contributed by atoms with E-state index in [0.717, 1.165) is 0 Å². The number of thioether (sulfide) groups is 1. The molecule has 96 valence electrons. The maximum absolute atomic E-state index is 11.9. The Morgan fingerprint density at radius 3 is 2.94 bits per heavy atom. The molecule has 1 atom stereocenters. The molecule has 0 aliphatic rings. The average Bonchev–Trinajstić information content (AvgIpc) is 2.89. The first-order valence-corrected chi connectivity index (χ1v) is 6.07. The summed E-state index contributed by atoms with van der Waals surface area (Å²) in [4.78, 5) is 11.9. The van der Waals surface area contributed by atoms with E-state index in [1.54, 1.807) is 27.0 Å². The number of anilines is 1. The molecule has 8 nitrogen and oxygen atoms in total. The third-order valence-corrected chi connectivity index (χ3v) is 3.23. The van der Waals surface area contributed by atoms with Crippen LogP contribution in [0.1, 0.15) is 12.6 Å². The van der Waals surface area contributed by atoms with Crippen LogP contribution in [0.4, 0.5) is 5.88 Å². The van der Waals surface area contributed by atoms with Gasteiger partial charge in [-0.1, -0.05) is 16.9 Å². The SMILES string of the molecule is Cc1cc(NC(=O)C(C)Sc2nnnn2C)on1. The Bertz CT molecular complexity index is 551. The minimum atomic E-state index is -0.347. The Morgan fingerprint density at radius 1 is 1.61 bits per heavy atom. The van der Waals surface area contributed by atoms with Crippen molar-refractivity contribution in [2.75, 3.05) is 5.32 Å². The lowest BCUT2D eigenvalue weighted by Crippen LogP contribution is -2.22. The van der Waals surface area contributed by atoms with Crippen LogP contribution in [0.5, 0.6) is 0 Å². The third-order valence-electron chi connectivity index (χ3n) is 2.11. The number of hydrogen-bond acceptors (Lipinski definition) is 7. The van der Waals surface area contributed by atoms with Crippen LogP contribution in [-0.4, -0.2) is 36.5 Å². The maximum atomic E-state index is 11.9. The molecule has 18 heavy (non-hydrogen) atoms. The number of carbonyl (C=O) groups is 1. The van der Waals surface area contributed by atoms with Crippen molar-refractivity contribution in [2.45, 2.75) is 24.3 Å². The van der Waals surface area contributed by atoms with Crippen LogP contribution in [0.2, 0.25) is 0 Å². The first-order chi connectivity index (χ1) is 8.56. The van der Waals surface area contributed by atoms with E-state index in [2.05, 4.69) is 26.0 Å². The summed E-state index contributed by atoms with van der Waals surface area (Å²) in [5.41, 5.74) is 0.711. The van der Waals surface area contributed by atoms with E-state index < -0.39 is 0 Å². The summed E-state index contributed by atoms with van der Waals surface area (Å²) in [5, 5.41) is 17.5. The van der Waals surface area contributed by atoms with Gasteiger partial charge in [0.15, 0.2) is 0 Å². The topological polar surface area (TPSA) is 98.7 Å². The Balaban J connectivity index is 1.95. The smallest absolute Gasteiger partial charge is 0.240 e. The van der Waals surface area contributed by atoms with Crippen molar-refractivity contribution in [3.8, 4) is 0 Å². The molecule has 0 aromatic carbocycles. The largest absolute Gasteiger partial charge is 0.338 e. The molecule has 1 N–H and O–H groups in total. The van der Waals surface area contributed by atoms with E-state index in [9.17, 15) is 4.79 Å². The molecule has 0 bridgehead atoms. The number of aryl methyl sites for hydroxylation is 2. The quantitative estimate of drug-likeness (QED) is 0.812. The van der Waals surface area contributed by atoms with E-state index in [1.165, 1.54) is 16.4 Å². The molecule has 9 heteroatoms. The fourth-order valence-electron chi connectivity index (χ4n) is 1.18. The lowest BCUT2D eigenvalue weighted by Gasteiger charge is -2.08. The van der Waals surface area contributed by atoms with E-state index in [-0.39, 0.29) is 11.2 Å². The molecule has 1 amide bonds. The predicted octanol–water partition coefficient (Wildman–Crippen LogP) is 0.626. The molecule has 0 fully saturated rings. The minimum absolute atomic E-state index is 0.195. The number of nitrogens with zero attached hydrogens (tertiary/aromatic N) is 5. The molecule has 2 aromatic heterocycles. The summed E-state index contributed by atoms with van der Waals surface area (Å²) in [6.07, 6.45) is 0. The molecule has 2 heterocycles. The van der Waals surface area contributed by atoms with Crippen LogP contribution < -0.4 is 5.32 Å². The Hall–Kier alpha value is -1.90. The Kier molecular flexibility index (Phi) is 3.60. The highest BCUT2D eigenvalue weighted by atomic mass is 32.2. The standard InChI is InChI=1S/C9H12N6O2S/c1-5-4-7(17-12-5)10-8(16)6(2)18-9-11-13-14-15(9)3/h4,6H,1-3H3,(H,10,16). The molecule has 0 saturated carbocycles. The van der Waals surface area contributed by atoms with Gasteiger partial charge in [0.05, 0.1) is 10.9 Å². The van der Waals surface area contributed by atoms with Crippen molar-refractivity contribution in [1.29, 1.82) is 0 Å². The first-order valence-electron chi connectivity index (χ1n) is 5.19. The van der Waals surface area contributed by atoms with Crippen LogP contribution in [0, 0.1) is 6.92 Å². The zero-order valence-electron chi connectivity index (χ0n) is 10.1. The van der Waals surface area contributed by atoms with Crippen LogP contribution in [0.25, 0.3) is 0 Å². The Labute approximate surface area is 107 Å². The average molecular weight is 268 g/mol. The van der Waals surface area contributed by atoms with E-state index in [0.29, 0.717) is 16.7 Å².